The molecule has 0 atom stereocenters. The van der Waals surface area contributed by atoms with E-state index in [0.29, 0.717) is 12.8 Å². The average Bonchev–Trinajstić information content (AvgIpc) is 2.81. The maximum Gasteiger partial charge on any atom is 0.220 e. The Labute approximate surface area is 138 Å². The Hall–Kier alpha value is -0.980. The highest BCUT2D eigenvalue weighted by Gasteiger charge is 2.35. The Bertz CT molecular complexity index is 882. The summed E-state index contributed by atoms with van der Waals surface area (Å²) in [5.41, 5.74) is 0. The normalized spacial score (nSPS) is 16.4. The molecule has 0 bridgehead atoms. The number of nitrogens with zero attached hydrogens (tertiary/aromatic N) is 2. The molecular weight excluding hydrogens is 368 g/mol. The average molecular weight is 373 g/mol. The van der Waals surface area contributed by atoms with Crippen LogP contribution in [-0.4, -0.2) is 13.4 Å². The van der Waals surface area contributed by atoms with Crippen molar-refractivity contribution in [3.05, 3.63) is 44.1 Å². The van der Waals surface area contributed by atoms with Crippen molar-refractivity contribution < 1.29 is 8.42 Å². The minimum absolute atomic E-state index is 0.120. The minimum atomic E-state index is -3.80. The second kappa shape index (κ2) is 5.66. The lowest BCUT2D eigenvalue weighted by Crippen LogP contribution is -2.08. The number of aromatic nitrogens is 1. The van der Waals surface area contributed by atoms with Gasteiger partial charge in [0.15, 0.2) is 4.91 Å². The smallest absolute Gasteiger partial charge is 0.220 e. The van der Waals surface area contributed by atoms with E-state index in [1.54, 1.807) is 24.5 Å². The summed E-state index contributed by atoms with van der Waals surface area (Å²) in [6.45, 7) is 0. The summed E-state index contributed by atoms with van der Waals surface area (Å²) in [6.07, 6.45) is 3.25. The van der Waals surface area contributed by atoms with E-state index >= 15 is 0 Å². The first-order valence-electron chi connectivity index (χ1n) is 5.47. The molecule has 9 heteroatoms. The zero-order valence-corrected chi connectivity index (χ0v) is 14.1. The largest absolute Gasteiger partial charge is 0.264 e. The molecule has 106 valence electrons. The summed E-state index contributed by atoms with van der Waals surface area (Å²) in [4.78, 5) is 4.64. The quantitative estimate of drug-likeness (QED) is 0.788. The van der Waals surface area contributed by atoms with Gasteiger partial charge in [-0.1, -0.05) is 35.1 Å². The first kappa shape index (κ1) is 14.9. The standard InChI is InChI=1S/C12H5ClN2O2S4/c13-10-4-8-11(19-10)20-12(9(5-14)21(8,16)17)18-7-2-1-3-15-6-7/h1-4,6H. The maximum absolute atomic E-state index is 12.5. The van der Waals surface area contributed by atoms with E-state index < -0.39 is 9.84 Å². The van der Waals surface area contributed by atoms with E-state index in [1.165, 1.54) is 40.9 Å². The van der Waals surface area contributed by atoms with E-state index in [9.17, 15) is 13.7 Å². The zero-order valence-electron chi connectivity index (χ0n) is 10.1. The molecule has 0 aromatic carbocycles. The lowest BCUT2D eigenvalue weighted by Gasteiger charge is -2.15. The molecule has 3 rings (SSSR count). The van der Waals surface area contributed by atoms with Gasteiger partial charge < -0.3 is 0 Å². The molecule has 3 heterocycles. The van der Waals surface area contributed by atoms with Crippen LogP contribution in [0.1, 0.15) is 0 Å². The van der Waals surface area contributed by atoms with Crippen molar-refractivity contribution in [3.63, 3.8) is 0 Å². The SMILES string of the molecule is N#CC1=C(Sc2cccnc2)Sc2sc(Cl)cc2S1(=O)=O. The third-order valence-corrected chi connectivity index (χ3v) is 8.48. The maximum atomic E-state index is 12.5. The van der Waals surface area contributed by atoms with Crippen LogP contribution in [0.5, 0.6) is 0 Å². The third-order valence-electron chi connectivity index (χ3n) is 2.51. The van der Waals surface area contributed by atoms with Crippen LogP contribution in [0.15, 0.2) is 53.7 Å². The number of rotatable bonds is 2. The fourth-order valence-electron chi connectivity index (χ4n) is 1.63. The number of nitriles is 1. The summed E-state index contributed by atoms with van der Waals surface area (Å²) < 4.78 is 26.4. The van der Waals surface area contributed by atoms with Gasteiger partial charge in [-0.05, 0) is 18.2 Å². The molecule has 2 aromatic rings. The summed E-state index contributed by atoms with van der Waals surface area (Å²) >= 11 is 9.56. The third kappa shape index (κ3) is 2.72. The fraction of sp³-hybridized carbons (Fsp3) is 0. The number of hydrogen-bond donors (Lipinski definition) is 0. The van der Waals surface area contributed by atoms with Crippen LogP contribution < -0.4 is 0 Å². The van der Waals surface area contributed by atoms with E-state index in [4.69, 9.17) is 11.6 Å². The summed E-state index contributed by atoms with van der Waals surface area (Å²) in [7, 11) is -3.80. The highest BCUT2D eigenvalue weighted by Crippen LogP contribution is 2.52. The molecule has 0 radical (unpaired) electrons. The molecule has 0 aliphatic carbocycles. The van der Waals surface area contributed by atoms with Gasteiger partial charge in [0.25, 0.3) is 0 Å². The Morgan fingerprint density at radius 3 is 2.90 bits per heavy atom. The van der Waals surface area contributed by atoms with Gasteiger partial charge in [0.2, 0.25) is 9.84 Å². The highest BCUT2D eigenvalue weighted by molar-refractivity contribution is 8.24. The molecular formula is C12H5ClN2O2S4. The van der Waals surface area contributed by atoms with Crippen LogP contribution in [-0.2, 0) is 9.84 Å². The molecule has 0 N–H and O–H groups in total. The second-order valence-corrected chi connectivity index (χ2v) is 9.99. The molecule has 0 saturated carbocycles. The number of sulfone groups is 1. The van der Waals surface area contributed by atoms with Crippen molar-refractivity contribution >= 4 is 56.3 Å². The molecule has 0 fully saturated rings. The predicted molar refractivity (Wildman–Crippen MR) is 85.1 cm³/mol. The van der Waals surface area contributed by atoms with Crippen LogP contribution in [0.3, 0.4) is 0 Å². The Morgan fingerprint density at radius 1 is 1.43 bits per heavy atom. The topological polar surface area (TPSA) is 70.8 Å². The van der Waals surface area contributed by atoms with Crippen LogP contribution in [0.2, 0.25) is 4.34 Å². The number of halogens is 1. The summed E-state index contributed by atoms with van der Waals surface area (Å²) in [5.74, 6) is 0. The Balaban J connectivity index is 2.11. The molecule has 0 saturated heterocycles. The molecule has 1 aliphatic rings. The molecule has 0 amide bonds. The van der Waals surface area contributed by atoms with E-state index in [2.05, 4.69) is 4.98 Å². The van der Waals surface area contributed by atoms with Crippen LogP contribution in [0.4, 0.5) is 0 Å². The fourth-order valence-corrected chi connectivity index (χ4v) is 8.25. The molecule has 1 aliphatic heterocycles. The zero-order chi connectivity index (χ0) is 15.0. The number of thioether (sulfide) groups is 2. The second-order valence-electron chi connectivity index (χ2n) is 3.83. The molecule has 0 spiro atoms. The van der Waals surface area contributed by atoms with Crippen molar-refractivity contribution in [1.82, 2.24) is 4.98 Å². The Morgan fingerprint density at radius 2 is 2.24 bits per heavy atom. The number of hydrogen-bond acceptors (Lipinski definition) is 7. The van der Waals surface area contributed by atoms with Gasteiger partial charge in [-0.15, -0.1) is 11.3 Å². The molecule has 0 unspecified atom stereocenters. The molecule has 4 nitrogen and oxygen atoms in total. The lowest BCUT2D eigenvalue weighted by atomic mass is 10.5. The van der Waals surface area contributed by atoms with E-state index in [0.717, 1.165) is 4.90 Å². The van der Waals surface area contributed by atoms with Crippen molar-refractivity contribution in [2.24, 2.45) is 0 Å². The predicted octanol–water partition coefficient (Wildman–Crippen LogP) is 4.16. The molecule has 2 aromatic heterocycles. The van der Waals surface area contributed by atoms with Crippen molar-refractivity contribution in [2.75, 3.05) is 0 Å². The minimum Gasteiger partial charge on any atom is -0.264 e. The van der Waals surface area contributed by atoms with Gasteiger partial charge in [-0.3, -0.25) is 4.98 Å². The van der Waals surface area contributed by atoms with E-state index in [-0.39, 0.29) is 9.80 Å². The summed E-state index contributed by atoms with van der Waals surface area (Å²) in [5, 5.41) is 9.25. The van der Waals surface area contributed by atoms with Gasteiger partial charge in [0.1, 0.15) is 6.07 Å². The van der Waals surface area contributed by atoms with Crippen LogP contribution in [0.25, 0.3) is 0 Å². The van der Waals surface area contributed by atoms with Crippen molar-refractivity contribution in [2.45, 2.75) is 14.0 Å². The van der Waals surface area contributed by atoms with Gasteiger partial charge in [-0.25, -0.2) is 8.42 Å². The van der Waals surface area contributed by atoms with Gasteiger partial charge in [0.05, 0.1) is 17.7 Å². The molecule has 21 heavy (non-hydrogen) atoms. The van der Waals surface area contributed by atoms with Gasteiger partial charge >= 0.3 is 0 Å². The number of fused-ring (bicyclic) bond motifs is 1. The summed E-state index contributed by atoms with van der Waals surface area (Å²) in [6, 6.07) is 6.77. The first-order chi connectivity index (χ1) is 10.0. The monoisotopic (exact) mass is 372 g/mol. The Kier molecular flexibility index (Phi) is 4.03. The highest BCUT2D eigenvalue weighted by atomic mass is 35.5. The van der Waals surface area contributed by atoms with Crippen LogP contribution >= 0.6 is 46.5 Å². The first-order valence-corrected chi connectivity index (χ1v) is 9.78. The van der Waals surface area contributed by atoms with Gasteiger partial charge in [-0.2, -0.15) is 5.26 Å². The van der Waals surface area contributed by atoms with Crippen molar-refractivity contribution in [3.8, 4) is 6.07 Å². The van der Waals surface area contributed by atoms with Gasteiger partial charge in [0, 0.05) is 17.3 Å². The lowest BCUT2D eigenvalue weighted by molar-refractivity contribution is 0.601. The van der Waals surface area contributed by atoms with Crippen molar-refractivity contribution in [1.29, 1.82) is 5.26 Å². The number of allylic oxidation sites excluding steroid dienone is 1. The van der Waals surface area contributed by atoms with Crippen LogP contribution in [0, 0.1) is 11.3 Å². The number of thiophene rings is 1. The van der Waals surface area contributed by atoms with E-state index in [1.807, 2.05) is 6.07 Å². The number of pyridine rings is 1.